The van der Waals surface area contributed by atoms with Crippen molar-refractivity contribution in [3.8, 4) is 0 Å². The van der Waals surface area contributed by atoms with Crippen LogP contribution in [0.5, 0.6) is 0 Å². The molecule has 56 valence electrons. The van der Waals surface area contributed by atoms with Gasteiger partial charge < -0.3 is 0 Å². The van der Waals surface area contributed by atoms with Crippen molar-refractivity contribution in [1.82, 2.24) is 0 Å². The first-order valence-electron chi connectivity index (χ1n) is 3.98. The summed E-state index contributed by atoms with van der Waals surface area (Å²) in [6.45, 7) is 11.9. The molecule has 0 bridgehead atoms. The lowest BCUT2D eigenvalue weighted by atomic mass is 10.3. The van der Waals surface area contributed by atoms with Gasteiger partial charge in [0.15, 0.2) is 0 Å². The number of hydrogen-bond donors (Lipinski definition) is 0. The van der Waals surface area contributed by atoms with Gasteiger partial charge in [-0.2, -0.15) is 0 Å². The Balaban J connectivity index is 3.58. The Morgan fingerprint density at radius 3 is 1.78 bits per heavy atom. The van der Waals surface area contributed by atoms with E-state index in [4.69, 9.17) is 0 Å². The summed E-state index contributed by atoms with van der Waals surface area (Å²) < 4.78 is 0. The molecule has 0 saturated carbocycles. The molecule has 0 rings (SSSR count). The second-order valence-electron chi connectivity index (χ2n) is 4.12. The van der Waals surface area contributed by atoms with E-state index >= 15 is 0 Å². The lowest BCUT2D eigenvalue weighted by Gasteiger charge is -2.21. The minimum atomic E-state index is -0.740. The lowest BCUT2D eigenvalue weighted by Crippen LogP contribution is -2.25. The van der Waals surface area contributed by atoms with E-state index in [1.54, 1.807) is 0 Å². The van der Waals surface area contributed by atoms with Crippen LogP contribution >= 0.6 is 0 Å². The highest BCUT2D eigenvalue weighted by Gasteiger charge is 2.18. The highest BCUT2D eigenvalue weighted by Crippen LogP contribution is 2.19. The van der Waals surface area contributed by atoms with Gasteiger partial charge in [0, 0.05) is 8.07 Å². The van der Waals surface area contributed by atoms with Crippen LogP contribution in [0.1, 0.15) is 20.8 Å². The Labute approximate surface area is 60.7 Å². The van der Waals surface area contributed by atoms with E-state index in [1.165, 1.54) is 12.1 Å². The molecule has 0 aromatic rings. The third-order valence-corrected chi connectivity index (χ3v) is 5.75. The summed E-state index contributed by atoms with van der Waals surface area (Å²) >= 11 is 0. The maximum Gasteiger partial charge on any atom is 0.0473 e. The normalized spacial score (nSPS) is 12.7. The van der Waals surface area contributed by atoms with Crippen molar-refractivity contribution >= 4 is 8.07 Å². The minimum absolute atomic E-state index is 0.740. The van der Waals surface area contributed by atoms with Gasteiger partial charge in [0.05, 0.1) is 0 Å². The SMILES string of the molecule is CC[Si](C)(C)CC(C)C. The van der Waals surface area contributed by atoms with Crippen LogP contribution in [-0.2, 0) is 0 Å². The molecule has 1 heteroatoms. The average molecular weight is 144 g/mol. The maximum atomic E-state index is 2.48. The second kappa shape index (κ2) is 3.40. The third kappa shape index (κ3) is 4.70. The topological polar surface area (TPSA) is 0 Å². The summed E-state index contributed by atoms with van der Waals surface area (Å²) in [5.74, 6) is 0.909. The fourth-order valence-corrected chi connectivity index (χ4v) is 3.75. The predicted octanol–water partition coefficient (Wildman–Crippen LogP) is 3.37. The van der Waals surface area contributed by atoms with Gasteiger partial charge in [-0.1, -0.05) is 46.0 Å². The third-order valence-electron chi connectivity index (χ3n) is 1.92. The molecule has 0 unspecified atom stereocenters. The van der Waals surface area contributed by atoms with Crippen LogP contribution in [0.4, 0.5) is 0 Å². The summed E-state index contributed by atoms with van der Waals surface area (Å²) in [6, 6.07) is 2.93. The molecule has 9 heavy (non-hydrogen) atoms. The molecule has 0 N–H and O–H groups in total. The zero-order chi connectivity index (χ0) is 7.49. The molecule has 0 aromatic carbocycles. The van der Waals surface area contributed by atoms with E-state index in [1.807, 2.05) is 0 Å². The van der Waals surface area contributed by atoms with E-state index in [2.05, 4.69) is 33.9 Å². The molecular weight excluding hydrogens is 124 g/mol. The molecule has 0 nitrogen and oxygen atoms in total. The van der Waals surface area contributed by atoms with E-state index in [-0.39, 0.29) is 0 Å². The fraction of sp³-hybridized carbons (Fsp3) is 1.00. The van der Waals surface area contributed by atoms with Crippen molar-refractivity contribution in [1.29, 1.82) is 0 Å². The van der Waals surface area contributed by atoms with Crippen LogP contribution in [0.15, 0.2) is 0 Å². The highest BCUT2D eigenvalue weighted by molar-refractivity contribution is 6.77. The molecule has 0 heterocycles. The van der Waals surface area contributed by atoms with Crippen LogP contribution in [0.3, 0.4) is 0 Å². The first kappa shape index (κ1) is 9.22. The Hall–Kier alpha value is 0.217. The van der Waals surface area contributed by atoms with Gasteiger partial charge in [-0.15, -0.1) is 0 Å². The summed E-state index contributed by atoms with van der Waals surface area (Å²) in [6.07, 6.45) is 0. The fourth-order valence-electron chi connectivity index (χ4n) is 1.25. The predicted molar refractivity (Wildman–Crippen MR) is 47.6 cm³/mol. The average Bonchev–Trinajstić information content (AvgIpc) is 1.63. The van der Waals surface area contributed by atoms with Crippen LogP contribution in [-0.4, -0.2) is 8.07 Å². The molecule has 0 spiro atoms. The smallest absolute Gasteiger partial charge is 0.0473 e. The van der Waals surface area contributed by atoms with Crippen LogP contribution in [0, 0.1) is 5.92 Å². The minimum Gasteiger partial charge on any atom is -0.0693 e. The molecule has 0 atom stereocenters. The zero-order valence-electron chi connectivity index (χ0n) is 7.49. The van der Waals surface area contributed by atoms with Gasteiger partial charge in [-0.3, -0.25) is 0 Å². The maximum absolute atomic E-state index is 2.48. The number of hydrogen-bond acceptors (Lipinski definition) is 0. The highest BCUT2D eigenvalue weighted by atomic mass is 28.3. The second-order valence-corrected chi connectivity index (χ2v) is 9.56. The Morgan fingerprint density at radius 2 is 1.67 bits per heavy atom. The van der Waals surface area contributed by atoms with Crippen molar-refractivity contribution in [2.24, 2.45) is 5.92 Å². The molecular formula is C8H20Si. The molecule has 0 radical (unpaired) electrons. The lowest BCUT2D eigenvalue weighted by molar-refractivity contribution is 0.718. The van der Waals surface area contributed by atoms with Crippen molar-refractivity contribution in [2.45, 2.75) is 46.0 Å². The van der Waals surface area contributed by atoms with Gasteiger partial charge >= 0.3 is 0 Å². The van der Waals surface area contributed by atoms with E-state index in [0.29, 0.717) is 0 Å². The van der Waals surface area contributed by atoms with Gasteiger partial charge in [-0.05, 0) is 5.92 Å². The Bertz CT molecular complexity index is 74.6. The molecule has 0 aliphatic rings. The Kier molecular flexibility index (Phi) is 3.48. The van der Waals surface area contributed by atoms with E-state index in [9.17, 15) is 0 Å². The van der Waals surface area contributed by atoms with Gasteiger partial charge in [0.2, 0.25) is 0 Å². The zero-order valence-corrected chi connectivity index (χ0v) is 8.49. The van der Waals surface area contributed by atoms with E-state index < -0.39 is 8.07 Å². The van der Waals surface area contributed by atoms with Crippen LogP contribution in [0.2, 0.25) is 25.2 Å². The molecule has 0 aromatic heterocycles. The van der Waals surface area contributed by atoms with Crippen molar-refractivity contribution in [3.63, 3.8) is 0 Å². The Morgan fingerprint density at radius 1 is 1.22 bits per heavy atom. The first-order valence-corrected chi connectivity index (χ1v) is 7.39. The van der Waals surface area contributed by atoms with Gasteiger partial charge in [0.25, 0.3) is 0 Å². The molecule has 0 saturated heterocycles. The van der Waals surface area contributed by atoms with E-state index in [0.717, 1.165) is 5.92 Å². The summed E-state index contributed by atoms with van der Waals surface area (Å²) in [4.78, 5) is 0. The van der Waals surface area contributed by atoms with Crippen molar-refractivity contribution < 1.29 is 0 Å². The molecule has 0 amide bonds. The van der Waals surface area contributed by atoms with Crippen molar-refractivity contribution in [3.05, 3.63) is 0 Å². The van der Waals surface area contributed by atoms with Crippen LogP contribution < -0.4 is 0 Å². The van der Waals surface area contributed by atoms with Gasteiger partial charge in [0.1, 0.15) is 0 Å². The molecule has 0 aliphatic carbocycles. The first-order chi connectivity index (χ1) is 3.98. The van der Waals surface area contributed by atoms with Gasteiger partial charge in [-0.25, -0.2) is 0 Å². The van der Waals surface area contributed by atoms with Crippen molar-refractivity contribution in [2.75, 3.05) is 0 Å². The molecule has 0 fully saturated rings. The summed E-state index contributed by atoms with van der Waals surface area (Å²) in [7, 11) is -0.740. The largest absolute Gasteiger partial charge is 0.0693 e. The monoisotopic (exact) mass is 144 g/mol. The summed E-state index contributed by atoms with van der Waals surface area (Å²) in [5, 5.41) is 0. The quantitative estimate of drug-likeness (QED) is 0.533. The molecule has 0 aliphatic heterocycles. The standard InChI is InChI=1S/C8H20Si/c1-6-9(4,5)7-8(2)3/h8H,6-7H2,1-5H3. The number of rotatable bonds is 3. The summed E-state index contributed by atoms with van der Waals surface area (Å²) in [5.41, 5.74) is 0. The van der Waals surface area contributed by atoms with Crippen LogP contribution in [0.25, 0.3) is 0 Å².